The Balaban J connectivity index is 2.52. The summed E-state index contributed by atoms with van der Waals surface area (Å²) in [5.41, 5.74) is 1.06. The van der Waals surface area contributed by atoms with Gasteiger partial charge in [0.2, 0.25) is 0 Å². The number of hydrogen-bond donors (Lipinski definition) is 1. The predicted octanol–water partition coefficient (Wildman–Crippen LogP) is 3.91. The highest BCUT2D eigenvalue weighted by Gasteiger charge is 2.22. The molecule has 2 aromatic rings. The van der Waals surface area contributed by atoms with Crippen LogP contribution in [0.1, 0.15) is 50.0 Å². The molecular weight excluding hydrogens is 266 g/mol. The standard InChI is InChI=1S/C17H21NO3/c1-11(2)8-9-15(12(3)19)18-10-14(17(20)21)13-6-4-5-7-16(13)18/h4-7,10-11,15H,8-9H2,1-3H3,(H,20,21)/t15-/m0/s1. The molecule has 1 aromatic carbocycles. The summed E-state index contributed by atoms with van der Waals surface area (Å²) in [6.45, 7) is 5.81. The minimum absolute atomic E-state index is 0.0633. The van der Waals surface area contributed by atoms with Gasteiger partial charge in [0, 0.05) is 17.1 Å². The Kier molecular flexibility index (Phi) is 4.46. The van der Waals surface area contributed by atoms with E-state index in [2.05, 4.69) is 13.8 Å². The second-order valence-corrected chi connectivity index (χ2v) is 5.87. The van der Waals surface area contributed by atoms with Crippen molar-refractivity contribution in [2.45, 2.75) is 39.7 Å². The van der Waals surface area contributed by atoms with Crippen LogP contribution in [0, 0.1) is 5.92 Å². The van der Waals surface area contributed by atoms with Crippen LogP contribution in [0.25, 0.3) is 10.9 Å². The fourth-order valence-corrected chi connectivity index (χ4v) is 2.66. The molecule has 0 saturated heterocycles. The Morgan fingerprint density at radius 3 is 2.43 bits per heavy atom. The van der Waals surface area contributed by atoms with Gasteiger partial charge in [-0.05, 0) is 31.7 Å². The number of carboxylic acid groups (broad SMARTS) is 1. The molecule has 1 N–H and O–H groups in total. The average Bonchev–Trinajstić information content (AvgIpc) is 2.78. The zero-order valence-electron chi connectivity index (χ0n) is 12.7. The molecule has 0 amide bonds. The fourth-order valence-electron chi connectivity index (χ4n) is 2.66. The molecular formula is C17H21NO3. The molecule has 4 heteroatoms. The minimum atomic E-state index is -0.962. The summed E-state index contributed by atoms with van der Waals surface area (Å²) >= 11 is 0. The lowest BCUT2D eigenvalue weighted by atomic mass is 10.0. The molecule has 0 aliphatic rings. The maximum atomic E-state index is 12.0. The number of ketones is 1. The molecule has 1 heterocycles. The number of Topliss-reactive ketones (excluding diaryl/α,β-unsaturated/α-hetero) is 1. The van der Waals surface area contributed by atoms with Crippen LogP contribution in [0.15, 0.2) is 30.5 Å². The van der Waals surface area contributed by atoms with Crippen molar-refractivity contribution in [3.8, 4) is 0 Å². The summed E-state index contributed by atoms with van der Waals surface area (Å²) in [7, 11) is 0. The maximum absolute atomic E-state index is 12.0. The molecule has 0 saturated carbocycles. The molecule has 1 atom stereocenters. The van der Waals surface area contributed by atoms with E-state index in [9.17, 15) is 14.7 Å². The molecule has 0 spiro atoms. The summed E-state index contributed by atoms with van der Waals surface area (Å²) < 4.78 is 1.82. The molecule has 0 radical (unpaired) electrons. The van der Waals surface area contributed by atoms with Gasteiger partial charge in [0.25, 0.3) is 0 Å². The second kappa shape index (κ2) is 6.12. The molecule has 0 bridgehead atoms. The number of aromatic carboxylic acids is 1. The van der Waals surface area contributed by atoms with Gasteiger partial charge in [-0.15, -0.1) is 0 Å². The van der Waals surface area contributed by atoms with Crippen molar-refractivity contribution in [2.75, 3.05) is 0 Å². The number of nitrogens with zero attached hydrogens (tertiary/aromatic N) is 1. The third kappa shape index (κ3) is 3.15. The minimum Gasteiger partial charge on any atom is -0.478 e. The molecule has 1 aromatic heterocycles. The molecule has 112 valence electrons. The second-order valence-electron chi connectivity index (χ2n) is 5.87. The number of benzene rings is 1. The van der Waals surface area contributed by atoms with Crippen molar-refractivity contribution < 1.29 is 14.7 Å². The van der Waals surface area contributed by atoms with Crippen LogP contribution in [0.3, 0.4) is 0 Å². The lowest BCUT2D eigenvalue weighted by molar-refractivity contribution is -0.120. The quantitative estimate of drug-likeness (QED) is 0.876. The van der Waals surface area contributed by atoms with Gasteiger partial charge in [-0.1, -0.05) is 32.0 Å². The van der Waals surface area contributed by atoms with Gasteiger partial charge in [-0.3, -0.25) is 4.79 Å². The first-order chi connectivity index (χ1) is 9.91. The number of rotatable bonds is 6. The lowest BCUT2D eigenvalue weighted by Gasteiger charge is -2.18. The van der Waals surface area contributed by atoms with Crippen LogP contribution < -0.4 is 0 Å². The molecule has 0 aliphatic carbocycles. The Morgan fingerprint density at radius 2 is 1.86 bits per heavy atom. The van der Waals surface area contributed by atoms with Gasteiger partial charge in [-0.2, -0.15) is 0 Å². The topological polar surface area (TPSA) is 59.3 Å². The van der Waals surface area contributed by atoms with Crippen molar-refractivity contribution in [2.24, 2.45) is 5.92 Å². The summed E-state index contributed by atoms with van der Waals surface area (Å²) in [4.78, 5) is 23.4. The average molecular weight is 287 g/mol. The van der Waals surface area contributed by atoms with Crippen LogP contribution in [-0.4, -0.2) is 21.4 Å². The van der Waals surface area contributed by atoms with Crippen LogP contribution in [0.4, 0.5) is 0 Å². The summed E-state index contributed by atoms with van der Waals surface area (Å²) in [5.74, 6) is -0.392. The summed E-state index contributed by atoms with van der Waals surface area (Å²) in [5, 5.41) is 10.0. The van der Waals surface area contributed by atoms with E-state index in [0.29, 0.717) is 11.3 Å². The predicted molar refractivity (Wildman–Crippen MR) is 82.7 cm³/mol. The molecule has 0 aliphatic heterocycles. The highest BCUT2D eigenvalue weighted by Crippen LogP contribution is 2.28. The van der Waals surface area contributed by atoms with E-state index in [-0.39, 0.29) is 17.4 Å². The third-order valence-corrected chi connectivity index (χ3v) is 3.79. The van der Waals surface area contributed by atoms with Gasteiger partial charge in [0.1, 0.15) is 0 Å². The first-order valence-corrected chi connectivity index (χ1v) is 7.25. The van der Waals surface area contributed by atoms with Gasteiger partial charge in [0.05, 0.1) is 11.6 Å². The zero-order valence-corrected chi connectivity index (χ0v) is 12.7. The van der Waals surface area contributed by atoms with E-state index in [0.717, 1.165) is 18.4 Å². The fraction of sp³-hybridized carbons (Fsp3) is 0.412. The lowest BCUT2D eigenvalue weighted by Crippen LogP contribution is -2.17. The molecule has 21 heavy (non-hydrogen) atoms. The number of carbonyl (C=O) groups excluding carboxylic acids is 1. The van der Waals surface area contributed by atoms with Crippen molar-refractivity contribution in [1.82, 2.24) is 4.57 Å². The Bertz CT molecular complexity index is 670. The summed E-state index contributed by atoms with van der Waals surface area (Å²) in [6, 6.07) is 7.03. The number of carbonyl (C=O) groups is 2. The first kappa shape index (κ1) is 15.3. The summed E-state index contributed by atoms with van der Waals surface area (Å²) in [6.07, 6.45) is 3.25. The Hall–Kier alpha value is -2.10. The molecule has 4 nitrogen and oxygen atoms in total. The zero-order chi connectivity index (χ0) is 15.6. The van der Waals surface area contributed by atoms with Crippen LogP contribution in [0.2, 0.25) is 0 Å². The van der Waals surface area contributed by atoms with Crippen LogP contribution in [0.5, 0.6) is 0 Å². The Labute approximate surface area is 124 Å². The van der Waals surface area contributed by atoms with Gasteiger partial charge in [0.15, 0.2) is 5.78 Å². The van der Waals surface area contributed by atoms with Gasteiger partial charge < -0.3 is 9.67 Å². The van der Waals surface area contributed by atoms with Gasteiger partial charge in [-0.25, -0.2) is 4.79 Å². The SMILES string of the molecule is CC(=O)[C@H](CCC(C)C)n1cc(C(=O)O)c2ccccc21. The highest BCUT2D eigenvalue weighted by atomic mass is 16.4. The molecule has 2 rings (SSSR count). The van der Waals surface area contributed by atoms with Crippen molar-refractivity contribution >= 4 is 22.7 Å². The van der Waals surface area contributed by atoms with E-state index in [1.165, 1.54) is 0 Å². The van der Waals surface area contributed by atoms with E-state index in [1.54, 1.807) is 19.2 Å². The molecule has 0 unspecified atom stereocenters. The highest BCUT2D eigenvalue weighted by molar-refractivity contribution is 6.04. The van der Waals surface area contributed by atoms with E-state index in [4.69, 9.17) is 0 Å². The number of carboxylic acids is 1. The largest absolute Gasteiger partial charge is 0.478 e. The maximum Gasteiger partial charge on any atom is 0.337 e. The number of para-hydroxylation sites is 1. The van der Waals surface area contributed by atoms with Crippen molar-refractivity contribution in [1.29, 1.82) is 0 Å². The smallest absolute Gasteiger partial charge is 0.337 e. The van der Waals surface area contributed by atoms with Crippen LogP contribution in [-0.2, 0) is 4.79 Å². The number of fused-ring (bicyclic) bond motifs is 1. The van der Waals surface area contributed by atoms with Crippen LogP contribution >= 0.6 is 0 Å². The first-order valence-electron chi connectivity index (χ1n) is 7.25. The number of aromatic nitrogens is 1. The number of hydrogen-bond acceptors (Lipinski definition) is 2. The third-order valence-electron chi connectivity index (χ3n) is 3.79. The van der Waals surface area contributed by atoms with Crippen molar-refractivity contribution in [3.05, 3.63) is 36.0 Å². The molecule has 0 fully saturated rings. The van der Waals surface area contributed by atoms with E-state index >= 15 is 0 Å². The Morgan fingerprint density at radius 1 is 1.19 bits per heavy atom. The normalized spacial score (nSPS) is 12.8. The monoisotopic (exact) mass is 287 g/mol. The van der Waals surface area contributed by atoms with E-state index < -0.39 is 5.97 Å². The van der Waals surface area contributed by atoms with Crippen molar-refractivity contribution in [3.63, 3.8) is 0 Å². The van der Waals surface area contributed by atoms with Gasteiger partial charge >= 0.3 is 5.97 Å². The van der Waals surface area contributed by atoms with E-state index in [1.807, 2.05) is 22.8 Å².